The normalized spacial score (nSPS) is 22.9. The van der Waals surface area contributed by atoms with E-state index >= 15 is 0 Å². The van der Waals surface area contributed by atoms with E-state index in [1.54, 1.807) is 18.2 Å². The standard InChI is InChI=1S/C20H19NO3/c1-19(2)15-6-4-5-7-16(15)21(3)20(19)11-10-13-8-9-14(18(22)23)12-17(13)24-20/h4-12H,1-3H3,(H,22,23). The van der Waals surface area contributed by atoms with Crippen LogP contribution in [0, 0.1) is 0 Å². The summed E-state index contributed by atoms with van der Waals surface area (Å²) in [6.45, 7) is 4.32. The minimum absolute atomic E-state index is 0.232. The van der Waals surface area contributed by atoms with Crippen LogP contribution < -0.4 is 9.64 Å². The Hall–Kier alpha value is -2.75. The molecule has 4 heteroatoms. The molecular weight excluding hydrogens is 302 g/mol. The second kappa shape index (κ2) is 4.63. The highest BCUT2D eigenvalue weighted by Crippen LogP contribution is 2.54. The van der Waals surface area contributed by atoms with E-state index in [9.17, 15) is 9.90 Å². The van der Waals surface area contributed by atoms with Crippen molar-refractivity contribution in [3.05, 3.63) is 65.2 Å². The fraction of sp³-hybridized carbons (Fsp3) is 0.250. The van der Waals surface area contributed by atoms with Crippen molar-refractivity contribution >= 4 is 17.7 Å². The van der Waals surface area contributed by atoms with E-state index < -0.39 is 11.7 Å². The first-order valence-corrected chi connectivity index (χ1v) is 7.96. The molecule has 0 amide bonds. The number of carboxylic acid groups (broad SMARTS) is 1. The van der Waals surface area contributed by atoms with Gasteiger partial charge in [0.15, 0.2) is 0 Å². The fourth-order valence-corrected chi connectivity index (χ4v) is 3.90. The second-order valence-electron chi connectivity index (χ2n) is 6.89. The molecule has 2 aromatic carbocycles. The van der Waals surface area contributed by atoms with Crippen molar-refractivity contribution in [2.75, 3.05) is 11.9 Å². The number of nitrogens with zero attached hydrogens (tertiary/aromatic N) is 1. The highest BCUT2D eigenvalue weighted by molar-refractivity contribution is 5.89. The Morgan fingerprint density at radius 2 is 1.92 bits per heavy atom. The van der Waals surface area contributed by atoms with E-state index in [4.69, 9.17) is 4.74 Å². The smallest absolute Gasteiger partial charge is 0.335 e. The summed E-state index contributed by atoms with van der Waals surface area (Å²) in [5.41, 5.74) is 2.51. The van der Waals surface area contributed by atoms with E-state index in [1.165, 1.54) is 5.56 Å². The number of aromatic carboxylic acids is 1. The van der Waals surface area contributed by atoms with Gasteiger partial charge in [0.1, 0.15) is 5.75 Å². The van der Waals surface area contributed by atoms with E-state index in [1.807, 2.05) is 25.3 Å². The highest BCUT2D eigenvalue weighted by Gasteiger charge is 2.57. The van der Waals surface area contributed by atoms with Crippen molar-refractivity contribution in [1.82, 2.24) is 0 Å². The van der Waals surface area contributed by atoms with Crippen LogP contribution in [0.25, 0.3) is 6.08 Å². The summed E-state index contributed by atoms with van der Waals surface area (Å²) < 4.78 is 6.46. The topological polar surface area (TPSA) is 49.8 Å². The Morgan fingerprint density at radius 3 is 2.62 bits per heavy atom. The molecule has 122 valence electrons. The number of hydrogen-bond acceptors (Lipinski definition) is 3. The lowest BCUT2D eigenvalue weighted by atomic mass is 9.76. The maximum atomic E-state index is 11.3. The van der Waals surface area contributed by atoms with Gasteiger partial charge in [-0.05, 0) is 49.8 Å². The monoisotopic (exact) mass is 321 g/mol. The van der Waals surface area contributed by atoms with Gasteiger partial charge >= 0.3 is 5.97 Å². The van der Waals surface area contributed by atoms with Crippen molar-refractivity contribution in [1.29, 1.82) is 0 Å². The molecule has 0 saturated heterocycles. The van der Waals surface area contributed by atoms with Gasteiger partial charge in [-0.3, -0.25) is 0 Å². The number of likely N-dealkylation sites (N-methyl/N-ethyl adjacent to an activating group) is 1. The van der Waals surface area contributed by atoms with E-state index in [0.717, 1.165) is 11.3 Å². The summed E-state index contributed by atoms with van der Waals surface area (Å²) in [7, 11) is 2.02. The first-order chi connectivity index (χ1) is 11.4. The largest absolute Gasteiger partial charge is 0.478 e. The number of para-hydroxylation sites is 1. The van der Waals surface area contributed by atoms with Gasteiger partial charge < -0.3 is 14.7 Å². The molecule has 4 nitrogen and oxygen atoms in total. The lowest BCUT2D eigenvalue weighted by Gasteiger charge is -2.45. The Labute approximate surface area is 141 Å². The third-order valence-corrected chi connectivity index (χ3v) is 5.35. The lowest BCUT2D eigenvalue weighted by molar-refractivity contribution is 0.0574. The Morgan fingerprint density at radius 1 is 1.17 bits per heavy atom. The Balaban J connectivity index is 1.87. The minimum atomic E-state index is -0.952. The molecule has 0 fully saturated rings. The Kier molecular flexibility index (Phi) is 2.86. The van der Waals surface area contributed by atoms with Crippen LogP contribution >= 0.6 is 0 Å². The van der Waals surface area contributed by atoms with Crippen LogP contribution in [0.5, 0.6) is 5.75 Å². The first kappa shape index (κ1) is 14.8. The van der Waals surface area contributed by atoms with Crippen LogP contribution in [-0.4, -0.2) is 23.8 Å². The number of rotatable bonds is 1. The molecule has 0 radical (unpaired) electrons. The van der Waals surface area contributed by atoms with E-state index in [-0.39, 0.29) is 11.0 Å². The molecule has 24 heavy (non-hydrogen) atoms. The van der Waals surface area contributed by atoms with E-state index in [0.29, 0.717) is 5.75 Å². The molecule has 0 bridgehead atoms. The van der Waals surface area contributed by atoms with Crippen molar-refractivity contribution in [3.8, 4) is 5.75 Å². The molecule has 2 aromatic rings. The van der Waals surface area contributed by atoms with Crippen molar-refractivity contribution in [3.63, 3.8) is 0 Å². The van der Waals surface area contributed by atoms with Gasteiger partial charge in [-0.2, -0.15) is 0 Å². The quantitative estimate of drug-likeness (QED) is 0.865. The van der Waals surface area contributed by atoms with Crippen LogP contribution in [0.4, 0.5) is 5.69 Å². The number of anilines is 1. The minimum Gasteiger partial charge on any atom is -0.478 e. The van der Waals surface area contributed by atoms with Gasteiger partial charge in [0.25, 0.3) is 0 Å². The molecule has 1 spiro atoms. The summed E-state index contributed by atoms with van der Waals surface area (Å²) in [5, 5.41) is 9.26. The first-order valence-electron chi connectivity index (χ1n) is 7.96. The van der Waals surface area contributed by atoms with Gasteiger partial charge in [0.2, 0.25) is 5.72 Å². The summed E-state index contributed by atoms with van der Waals surface area (Å²) in [6, 6.07) is 13.3. The highest BCUT2D eigenvalue weighted by atomic mass is 16.5. The number of ether oxygens (including phenoxy) is 1. The second-order valence-corrected chi connectivity index (χ2v) is 6.89. The average Bonchev–Trinajstić information content (AvgIpc) is 2.74. The molecule has 2 aliphatic rings. The number of hydrogen-bond donors (Lipinski definition) is 1. The van der Waals surface area contributed by atoms with Gasteiger partial charge in [0, 0.05) is 18.3 Å². The third-order valence-electron chi connectivity index (χ3n) is 5.35. The maximum Gasteiger partial charge on any atom is 0.335 e. The summed E-state index contributed by atoms with van der Waals surface area (Å²) >= 11 is 0. The summed E-state index contributed by atoms with van der Waals surface area (Å²) in [6.07, 6.45) is 4.10. The molecular formula is C20H19NO3. The van der Waals surface area contributed by atoms with Crippen LogP contribution in [0.3, 0.4) is 0 Å². The van der Waals surface area contributed by atoms with Crippen LogP contribution in [0.1, 0.15) is 35.3 Å². The third kappa shape index (κ3) is 1.71. The van der Waals surface area contributed by atoms with E-state index in [2.05, 4.69) is 37.0 Å². The zero-order chi connectivity index (χ0) is 17.1. The molecule has 1 atom stereocenters. The van der Waals surface area contributed by atoms with Crippen LogP contribution in [0.15, 0.2) is 48.5 Å². The van der Waals surface area contributed by atoms with Crippen molar-refractivity contribution in [2.24, 2.45) is 0 Å². The molecule has 0 aliphatic carbocycles. The predicted molar refractivity (Wildman–Crippen MR) is 93.7 cm³/mol. The predicted octanol–water partition coefficient (Wildman–Crippen LogP) is 3.91. The van der Waals surface area contributed by atoms with Crippen LogP contribution in [-0.2, 0) is 5.41 Å². The van der Waals surface area contributed by atoms with Crippen molar-refractivity contribution in [2.45, 2.75) is 25.0 Å². The van der Waals surface area contributed by atoms with Crippen molar-refractivity contribution < 1.29 is 14.6 Å². The number of carbonyl (C=O) groups is 1. The summed E-state index contributed by atoms with van der Waals surface area (Å²) in [4.78, 5) is 13.4. The lowest BCUT2D eigenvalue weighted by Crippen LogP contribution is -2.58. The average molecular weight is 321 g/mol. The zero-order valence-corrected chi connectivity index (χ0v) is 13.9. The maximum absolute atomic E-state index is 11.3. The van der Waals surface area contributed by atoms with Gasteiger partial charge in [0.05, 0.1) is 11.0 Å². The van der Waals surface area contributed by atoms with Gasteiger partial charge in [-0.25, -0.2) is 4.79 Å². The number of carboxylic acids is 1. The molecule has 1 unspecified atom stereocenters. The number of benzene rings is 2. The molecule has 0 saturated carbocycles. The molecule has 0 aromatic heterocycles. The van der Waals surface area contributed by atoms with Gasteiger partial charge in [-0.15, -0.1) is 0 Å². The molecule has 2 heterocycles. The molecule has 2 aliphatic heterocycles. The number of fused-ring (bicyclic) bond motifs is 2. The Bertz CT molecular complexity index is 884. The molecule has 1 N–H and O–H groups in total. The van der Waals surface area contributed by atoms with Gasteiger partial charge in [-0.1, -0.05) is 24.3 Å². The van der Waals surface area contributed by atoms with Crippen LogP contribution in [0.2, 0.25) is 0 Å². The SMILES string of the molecule is CN1c2ccccc2C(C)(C)C12C=Cc1ccc(C(=O)O)cc1O2. The molecule has 4 rings (SSSR count). The fourth-order valence-electron chi connectivity index (χ4n) is 3.90. The zero-order valence-electron chi connectivity index (χ0n) is 13.9. The summed E-state index contributed by atoms with van der Waals surface area (Å²) in [5.74, 6) is -0.350.